The summed E-state index contributed by atoms with van der Waals surface area (Å²) in [5.74, 6) is -3.11. The lowest BCUT2D eigenvalue weighted by Gasteiger charge is -2.08. The highest BCUT2D eigenvalue weighted by Gasteiger charge is 2.31. The molecule has 4 aromatic rings. The topological polar surface area (TPSA) is 80.9 Å². The number of nitrogens with zero attached hydrogens (tertiary/aromatic N) is 3. The van der Waals surface area contributed by atoms with Gasteiger partial charge in [-0.2, -0.15) is 18.2 Å². The molecule has 0 fully saturated rings. The Kier molecular flexibility index (Phi) is 5.46. The van der Waals surface area contributed by atoms with Crippen molar-refractivity contribution >= 4 is 22.4 Å². The van der Waals surface area contributed by atoms with E-state index in [1.807, 2.05) is 0 Å². The first-order valence-electron chi connectivity index (χ1n) is 8.88. The van der Waals surface area contributed by atoms with Crippen molar-refractivity contribution in [1.29, 1.82) is 0 Å². The van der Waals surface area contributed by atoms with E-state index in [-0.39, 0.29) is 33.0 Å². The molecule has 1 N–H and O–H groups in total. The van der Waals surface area contributed by atoms with Gasteiger partial charge < -0.3 is 4.52 Å². The van der Waals surface area contributed by atoms with E-state index >= 15 is 0 Å². The van der Waals surface area contributed by atoms with Crippen LogP contribution in [0, 0.1) is 18.6 Å². The van der Waals surface area contributed by atoms with Crippen LogP contribution in [0.4, 0.5) is 27.1 Å². The van der Waals surface area contributed by atoms with Gasteiger partial charge in [0.05, 0.1) is 10.4 Å². The van der Waals surface area contributed by atoms with Crippen LogP contribution in [-0.4, -0.2) is 21.0 Å². The van der Waals surface area contributed by atoms with Crippen LogP contribution in [0.3, 0.4) is 0 Å². The van der Waals surface area contributed by atoms with Gasteiger partial charge in [-0.3, -0.25) is 10.1 Å². The molecule has 2 aromatic heterocycles. The second-order valence-electron chi connectivity index (χ2n) is 6.47. The van der Waals surface area contributed by atoms with Gasteiger partial charge in [-0.15, -0.1) is 0 Å². The third-order valence-corrected chi connectivity index (χ3v) is 5.24. The van der Waals surface area contributed by atoms with Crippen molar-refractivity contribution in [2.45, 2.75) is 13.1 Å². The van der Waals surface area contributed by atoms with Gasteiger partial charge in [0.25, 0.3) is 11.8 Å². The Balaban J connectivity index is 1.78. The minimum atomic E-state index is -4.58. The molecule has 0 saturated heterocycles. The standard InChI is InChI=1S/C20H11F5N4O2S/c1-9-26-18(31-29-9)15-16(10-4-2-5-11(8-10)20(23,24)25)32-19(27-15)28-17(30)14-12(21)6-3-7-13(14)22/h2-8H,1H3,(H,27,28,30). The van der Waals surface area contributed by atoms with E-state index in [0.29, 0.717) is 0 Å². The maximum Gasteiger partial charge on any atom is 0.416 e. The van der Waals surface area contributed by atoms with Gasteiger partial charge in [-0.25, -0.2) is 13.8 Å². The van der Waals surface area contributed by atoms with Crippen LogP contribution in [0.1, 0.15) is 21.7 Å². The summed E-state index contributed by atoms with van der Waals surface area (Å²) in [6.45, 7) is 1.53. The average Bonchev–Trinajstić information content (AvgIpc) is 3.33. The molecule has 164 valence electrons. The molecule has 6 nitrogen and oxygen atoms in total. The zero-order valence-electron chi connectivity index (χ0n) is 16.0. The number of amides is 1. The Labute approximate surface area is 180 Å². The molecule has 0 radical (unpaired) electrons. The maximum atomic E-state index is 13.9. The second-order valence-corrected chi connectivity index (χ2v) is 7.47. The molecule has 2 heterocycles. The summed E-state index contributed by atoms with van der Waals surface area (Å²) in [7, 11) is 0. The van der Waals surface area contributed by atoms with E-state index in [0.717, 1.165) is 41.7 Å². The third kappa shape index (κ3) is 4.21. The van der Waals surface area contributed by atoms with Crippen molar-refractivity contribution in [2.75, 3.05) is 5.32 Å². The van der Waals surface area contributed by atoms with Gasteiger partial charge in [0.1, 0.15) is 22.9 Å². The highest BCUT2D eigenvalue weighted by atomic mass is 32.1. The number of hydrogen-bond donors (Lipinski definition) is 1. The van der Waals surface area contributed by atoms with E-state index in [2.05, 4.69) is 20.4 Å². The minimum Gasteiger partial charge on any atom is -0.332 e. The fourth-order valence-electron chi connectivity index (χ4n) is 2.82. The van der Waals surface area contributed by atoms with E-state index in [1.165, 1.54) is 19.1 Å². The largest absolute Gasteiger partial charge is 0.416 e. The zero-order valence-corrected chi connectivity index (χ0v) is 16.8. The Hall–Kier alpha value is -3.67. The number of carbonyl (C=O) groups is 1. The first kappa shape index (κ1) is 21.6. The van der Waals surface area contributed by atoms with Gasteiger partial charge in [0.2, 0.25) is 0 Å². The molecular weight excluding hydrogens is 455 g/mol. The Morgan fingerprint density at radius 1 is 1.06 bits per heavy atom. The van der Waals surface area contributed by atoms with Gasteiger partial charge in [0, 0.05) is 0 Å². The fourth-order valence-corrected chi connectivity index (χ4v) is 3.77. The molecule has 0 aliphatic carbocycles. The molecule has 32 heavy (non-hydrogen) atoms. The van der Waals surface area contributed by atoms with Crippen LogP contribution in [0.2, 0.25) is 0 Å². The van der Waals surface area contributed by atoms with Crippen molar-refractivity contribution in [3.8, 4) is 22.0 Å². The molecule has 2 aromatic carbocycles. The normalized spacial score (nSPS) is 11.6. The molecule has 0 bridgehead atoms. The summed E-state index contributed by atoms with van der Waals surface area (Å²) < 4.78 is 72.4. The van der Waals surface area contributed by atoms with E-state index < -0.39 is 34.8 Å². The molecule has 12 heteroatoms. The van der Waals surface area contributed by atoms with Crippen molar-refractivity contribution in [3.63, 3.8) is 0 Å². The van der Waals surface area contributed by atoms with Crippen LogP contribution in [0.5, 0.6) is 0 Å². The van der Waals surface area contributed by atoms with Gasteiger partial charge in [-0.1, -0.05) is 34.7 Å². The second kappa shape index (κ2) is 8.11. The average molecular weight is 466 g/mol. The number of hydrogen-bond acceptors (Lipinski definition) is 6. The Bertz CT molecular complexity index is 1300. The molecular formula is C20H11F5N4O2S. The maximum absolute atomic E-state index is 13.9. The number of benzene rings is 2. The van der Waals surface area contributed by atoms with Crippen LogP contribution in [0.15, 0.2) is 47.0 Å². The smallest absolute Gasteiger partial charge is 0.332 e. The summed E-state index contributed by atoms with van der Waals surface area (Å²) in [6, 6.07) is 7.38. The molecule has 0 aliphatic heterocycles. The number of nitrogens with one attached hydrogen (secondary N) is 1. The summed E-state index contributed by atoms with van der Waals surface area (Å²) in [4.78, 5) is 20.8. The zero-order chi connectivity index (χ0) is 23.0. The quantitative estimate of drug-likeness (QED) is 0.389. The number of rotatable bonds is 4. The van der Waals surface area contributed by atoms with Crippen LogP contribution >= 0.6 is 11.3 Å². The van der Waals surface area contributed by atoms with E-state index in [4.69, 9.17) is 4.52 Å². The number of anilines is 1. The van der Waals surface area contributed by atoms with Crippen molar-refractivity contribution in [1.82, 2.24) is 15.1 Å². The summed E-state index contributed by atoms with van der Waals surface area (Å²) in [6.07, 6.45) is -4.58. The predicted octanol–water partition coefficient (Wildman–Crippen LogP) is 5.72. The predicted molar refractivity (Wildman–Crippen MR) is 105 cm³/mol. The van der Waals surface area contributed by atoms with Crippen LogP contribution in [0.25, 0.3) is 22.0 Å². The van der Waals surface area contributed by atoms with Gasteiger partial charge >= 0.3 is 6.18 Å². The summed E-state index contributed by atoms with van der Waals surface area (Å²) in [5, 5.41) is 5.78. The molecule has 0 saturated carbocycles. The number of halogens is 5. The lowest BCUT2D eigenvalue weighted by molar-refractivity contribution is -0.137. The molecule has 1 amide bonds. The monoisotopic (exact) mass is 466 g/mol. The summed E-state index contributed by atoms with van der Waals surface area (Å²) >= 11 is 0.788. The lowest BCUT2D eigenvalue weighted by Crippen LogP contribution is -2.15. The van der Waals surface area contributed by atoms with Gasteiger partial charge in [0.15, 0.2) is 11.0 Å². The van der Waals surface area contributed by atoms with Crippen LogP contribution < -0.4 is 5.32 Å². The van der Waals surface area contributed by atoms with Gasteiger partial charge in [-0.05, 0) is 36.8 Å². The highest BCUT2D eigenvalue weighted by Crippen LogP contribution is 2.40. The fraction of sp³-hybridized carbons (Fsp3) is 0.100. The lowest BCUT2D eigenvalue weighted by atomic mass is 10.1. The third-order valence-electron chi connectivity index (χ3n) is 4.22. The first-order valence-corrected chi connectivity index (χ1v) is 9.69. The van der Waals surface area contributed by atoms with E-state index in [9.17, 15) is 26.7 Å². The number of alkyl halides is 3. The number of aromatic nitrogens is 3. The van der Waals surface area contributed by atoms with Crippen molar-refractivity contribution < 1.29 is 31.3 Å². The molecule has 0 unspecified atom stereocenters. The molecule has 0 aliphatic rings. The highest BCUT2D eigenvalue weighted by molar-refractivity contribution is 7.19. The Morgan fingerprint density at radius 3 is 2.38 bits per heavy atom. The summed E-state index contributed by atoms with van der Waals surface area (Å²) in [5.41, 5.74) is -1.58. The first-order chi connectivity index (χ1) is 15.1. The number of thiazole rings is 1. The van der Waals surface area contributed by atoms with E-state index in [1.54, 1.807) is 0 Å². The molecule has 4 rings (SSSR count). The molecule has 0 atom stereocenters. The SMILES string of the molecule is Cc1noc(-c2nc(NC(=O)c3c(F)cccc3F)sc2-c2cccc(C(F)(F)F)c2)n1. The van der Waals surface area contributed by atoms with Crippen molar-refractivity contribution in [3.05, 3.63) is 71.1 Å². The number of aryl methyl sites for hydroxylation is 1. The minimum absolute atomic E-state index is 0.0132. The van der Waals surface area contributed by atoms with Crippen molar-refractivity contribution in [2.24, 2.45) is 0 Å². The Morgan fingerprint density at radius 2 is 1.75 bits per heavy atom. The molecule has 0 spiro atoms. The number of carbonyl (C=O) groups excluding carboxylic acids is 1. The van der Waals surface area contributed by atoms with Crippen LogP contribution in [-0.2, 0) is 6.18 Å².